The maximum Gasteiger partial charge on any atom is 0.311 e. The zero-order valence-corrected chi connectivity index (χ0v) is 44.1. The minimum Gasteiger partial charge on any atom is -0.459 e. The summed E-state index contributed by atoms with van der Waals surface area (Å²) < 4.78 is 38.2. The maximum absolute atomic E-state index is 14.6. The number of thiocarbonyl (C=S) groups is 1. The van der Waals surface area contributed by atoms with Crippen molar-refractivity contribution in [3.05, 3.63) is 34.9 Å². The second-order valence-electron chi connectivity index (χ2n) is 21.6. The fraction of sp³-hybridized carbons (Fsp3) is 0.843. The van der Waals surface area contributed by atoms with E-state index in [-0.39, 0.29) is 37.3 Å². The van der Waals surface area contributed by atoms with Crippen molar-refractivity contribution in [3.63, 3.8) is 0 Å². The molecule has 1 aromatic carbocycles. The van der Waals surface area contributed by atoms with E-state index in [1.54, 1.807) is 34.6 Å². The summed E-state index contributed by atoms with van der Waals surface area (Å²) in [5.74, 6) is -2.75. The molecule has 3 heterocycles. The number of aliphatic hydroxyl groups is 5. The number of hydrogen-bond donors (Lipinski definition) is 7. The van der Waals surface area contributed by atoms with Crippen molar-refractivity contribution in [1.82, 2.24) is 20.4 Å². The number of esters is 1. The molecule has 0 bridgehead atoms. The molecule has 0 saturated carbocycles. The number of benzene rings is 1. The first kappa shape index (κ1) is 56.8. The topological polar surface area (TPSA) is 204 Å². The van der Waals surface area contributed by atoms with E-state index >= 15 is 0 Å². The van der Waals surface area contributed by atoms with Gasteiger partial charge in [0.2, 0.25) is 0 Å². The minimum atomic E-state index is -1.88. The zero-order valence-electron chi connectivity index (χ0n) is 43.3. The Morgan fingerprint density at radius 1 is 0.956 bits per heavy atom. The lowest BCUT2D eigenvalue weighted by atomic mass is 9.77. The van der Waals surface area contributed by atoms with Crippen LogP contribution >= 0.6 is 12.2 Å². The second-order valence-corrected chi connectivity index (χ2v) is 22.0. The van der Waals surface area contributed by atoms with Crippen LogP contribution in [-0.2, 0) is 52.6 Å². The van der Waals surface area contributed by atoms with Crippen molar-refractivity contribution in [2.24, 2.45) is 17.8 Å². The highest BCUT2D eigenvalue weighted by atomic mass is 32.1. The summed E-state index contributed by atoms with van der Waals surface area (Å²) in [6.45, 7) is 19.9. The number of rotatable bonds is 13. The first-order chi connectivity index (χ1) is 31.8. The summed E-state index contributed by atoms with van der Waals surface area (Å²) >= 11 is 5.66. The smallest absolute Gasteiger partial charge is 0.311 e. The molecule has 0 unspecified atom stereocenters. The molecule has 5 rings (SSSR count). The number of nitrogens with zero attached hydrogens (tertiary/aromatic N) is 2. The van der Waals surface area contributed by atoms with Crippen LogP contribution in [0, 0.1) is 17.8 Å². The number of methoxy groups -OCH3 is 1. The van der Waals surface area contributed by atoms with E-state index < -0.39 is 96.0 Å². The predicted octanol–water partition coefficient (Wildman–Crippen LogP) is 3.81. The van der Waals surface area contributed by atoms with E-state index in [4.69, 9.17) is 40.6 Å². The van der Waals surface area contributed by atoms with Crippen molar-refractivity contribution < 1.29 is 58.7 Å². The molecular formula is C51H88N4O12S. The van der Waals surface area contributed by atoms with Crippen LogP contribution in [0.25, 0.3) is 0 Å². The molecule has 16 nitrogen and oxygen atoms in total. The summed E-state index contributed by atoms with van der Waals surface area (Å²) in [4.78, 5) is 18.6. The number of likely N-dealkylation sites (N-methyl/N-ethyl adjacent to an activating group) is 1. The highest BCUT2D eigenvalue weighted by molar-refractivity contribution is 7.80. The SMILES string of the molecule is CC[C@H]1OC(=O)[C@H](C)[C@@H](O[C@H]2C[C@@](C)(OC)[C@@H](O)[C@H](C)O2)[C@H](C)[C@@H](O[C@@H]2O[C@H](C)C[C@H](N(C)C)[C@H]2O)[C@](C)(O)C[C@@H](C)CN(CCCNC(=S)NCc2ccc3c(c2)CCC3)[C@H](C)[C@@H](O)[C@]1(C)O. The number of ether oxygens (including phenoxy) is 6. The molecule has 4 aliphatic rings. The van der Waals surface area contributed by atoms with Gasteiger partial charge in [-0.3, -0.25) is 9.69 Å². The molecule has 3 aliphatic heterocycles. The summed E-state index contributed by atoms with van der Waals surface area (Å²) in [5, 5.41) is 67.3. The van der Waals surface area contributed by atoms with Gasteiger partial charge >= 0.3 is 5.97 Å². The highest BCUT2D eigenvalue weighted by Crippen LogP contribution is 2.40. The van der Waals surface area contributed by atoms with Gasteiger partial charge in [-0.05, 0) is 142 Å². The number of aryl methyl sites for hydroxylation is 2. The van der Waals surface area contributed by atoms with E-state index in [2.05, 4.69) is 33.7 Å². The Morgan fingerprint density at radius 2 is 1.65 bits per heavy atom. The van der Waals surface area contributed by atoms with E-state index in [0.717, 1.165) is 12.8 Å². The van der Waals surface area contributed by atoms with Crippen LogP contribution in [0.5, 0.6) is 0 Å². The third-order valence-corrected chi connectivity index (χ3v) is 15.8. The average molecular weight is 981 g/mol. The predicted molar refractivity (Wildman–Crippen MR) is 264 cm³/mol. The molecule has 0 amide bonds. The van der Waals surface area contributed by atoms with Crippen molar-refractivity contribution in [1.29, 1.82) is 0 Å². The van der Waals surface area contributed by atoms with Gasteiger partial charge in [-0.2, -0.15) is 0 Å². The zero-order chi connectivity index (χ0) is 50.5. The Hall–Kier alpha value is -2.10. The number of nitrogens with one attached hydrogen (secondary N) is 2. The Morgan fingerprint density at radius 3 is 2.31 bits per heavy atom. The average Bonchev–Trinajstić information content (AvgIpc) is 3.76. The molecule has 0 aromatic heterocycles. The minimum absolute atomic E-state index is 0.116. The van der Waals surface area contributed by atoms with E-state index in [1.165, 1.54) is 37.1 Å². The lowest BCUT2D eigenvalue weighted by Gasteiger charge is -2.48. The van der Waals surface area contributed by atoms with Gasteiger partial charge in [0.25, 0.3) is 0 Å². The number of fused-ring (bicyclic) bond motifs is 1. The molecule has 3 saturated heterocycles. The van der Waals surface area contributed by atoms with Crippen LogP contribution in [0.2, 0.25) is 0 Å². The lowest BCUT2D eigenvalue weighted by molar-refractivity contribution is -0.318. The summed E-state index contributed by atoms with van der Waals surface area (Å²) in [7, 11) is 5.30. The molecule has 17 heteroatoms. The number of cyclic esters (lactones) is 1. The Labute approximate surface area is 412 Å². The van der Waals surface area contributed by atoms with Crippen molar-refractivity contribution in [2.45, 2.75) is 217 Å². The standard InChI is InChI=1S/C51H88N4O12S/c1-14-39-51(10,61)43(57)33(6)55(22-16-21-52-48(68)53-27-35-19-20-36-17-15-18-37(36)24-35)28-29(2)25-49(8,60)45(67-47-41(56)38(54(11)12)23-30(3)63-47)31(4)42(32(5)46(59)65-39)66-40-26-50(9,62-13)44(58)34(7)64-40/h19-20,24,29-34,38-45,47,56-58,60-61H,14-18,21-23,25-28H2,1-13H3,(H2,52,53,68)/t29-,30-,31+,32-,33-,34+,38+,39-,40+,41-,42+,43-,44+,45-,47+,49-,50-,51-/m1/s1. The van der Waals surface area contributed by atoms with Crippen LogP contribution in [0.15, 0.2) is 18.2 Å². The van der Waals surface area contributed by atoms with Gasteiger partial charge in [0, 0.05) is 57.7 Å². The number of hydrogen-bond acceptors (Lipinski definition) is 15. The number of carbonyl (C=O) groups excluding carboxylic acids is 1. The molecule has 18 atom stereocenters. The van der Waals surface area contributed by atoms with Crippen LogP contribution < -0.4 is 10.6 Å². The molecule has 390 valence electrons. The fourth-order valence-corrected chi connectivity index (χ4v) is 11.5. The van der Waals surface area contributed by atoms with Crippen molar-refractivity contribution >= 4 is 23.3 Å². The van der Waals surface area contributed by atoms with Gasteiger partial charge in [0.15, 0.2) is 17.7 Å². The quantitative estimate of drug-likeness (QED) is 0.0854. The Balaban J connectivity index is 1.45. The fourth-order valence-electron chi connectivity index (χ4n) is 11.4. The van der Waals surface area contributed by atoms with Gasteiger partial charge in [0.05, 0.1) is 41.5 Å². The van der Waals surface area contributed by atoms with Crippen molar-refractivity contribution in [2.75, 3.05) is 40.8 Å². The third kappa shape index (κ3) is 13.7. The van der Waals surface area contributed by atoms with E-state index in [1.807, 2.05) is 46.7 Å². The first-order valence-corrected chi connectivity index (χ1v) is 25.6. The molecule has 1 aromatic rings. The van der Waals surface area contributed by atoms with Gasteiger partial charge < -0.3 is 69.5 Å². The van der Waals surface area contributed by atoms with Gasteiger partial charge in [0.1, 0.15) is 30.0 Å². The van der Waals surface area contributed by atoms with Gasteiger partial charge in [-0.1, -0.05) is 39.0 Å². The number of carbonyl (C=O) groups is 1. The lowest BCUT2D eigenvalue weighted by Crippen LogP contribution is -2.60. The second kappa shape index (κ2) is 24.1. The summed E-state index contributed by atoms with van der Waals surface area (Å²) in [6, 6.07) is 5.71. The van der Waals surface area contributed by atoms with E-state index in [0.29, 0.717) is 44.1 Å². The molecule has 3 fully saturated rings. The van der Waals surface area contributed by atoms with Crippen molar-refractivity contribution in [3.8, 4) is 0 Å². The number of aliphatic hydroxyl groups excluding tert-OH is 3. The summed E-state index contributed by atoms with van der Waals surface area (Å²) in [6.07, 6.45) is -4.60. The highest BCUT2D eigenvalue weighted by Gasteiger charge is 2.53. The maximum atomic E-state index is 14.6. The molecule has 0 spiro atoms. The Kier molecular flexibility index (Phi) is 20.1. The monoisotopic (exact) mass is 981 g/mol. The first-order valence-electron chi connectivity index (χ1n) is 25.2. The van der Waals surface area contributed by atoms with E-state index in [9.17, 15) is 30.3 Å². The van der Waals surface area contributed by atoms with Crippen LogP contribution in [0.4, 0.5) is 0 Å². The van der Waals surface area contributed by atoms with Gasteiger partial charge in [-0.15, -0.1) is 0 Å². The van der Waals surface area contributed by atoms with Crippen LogP contribution in [-0.4, -0.2) is 178 Å². The molecule has 7 N–H and O–H groups in total. The van der Waals surface area contributed by atoms with Crippen LogP contribution in [0.1, 0.15) is 124 Å². The van der Waals surface area contributed by atoms with Gasteiger partial charge in [-0.25, -0.2) is 0 Å². The Bertz CT molecular complexity index is 1790. The molecule has 68 heavy (non-hydrogen) atoms. The largest absolute Gasteiger partial charge is 0.459 e. The normalized spacial score (nSPS) is 41.3. The third-order valence-electron chi connectivity index (χ3n) is 15.6. The van der Waals surface area contributed by atoms with Crippen LogP contribution in [0.3, 0.4) is 0 Å². The molecular weight excluding hydrogens is 893 g/mol. The molecule has 0 radical (unpaired) electrons. The summed E-state index contributed by atoms with van der Waals surface area (Å²) in [5.41, 5.74) is -0.516. The molecule has 1 aliphatic carbocycles.